The van der Waals surface area contributed by atoms with Crippen LogP contribution in [0.4, 0.5) is 0 Å². The van der Waals surface area contributed by atoms with Crippen LogP contribution < -0.4 is 5.32 Å². The largest absolute Gasteiger partial charge is 0.347 e. The Labute approximate surface area is 126 Å². The van der Waals surface area contributed by atoms with E-state index in [0.717, 1.165) is 24.1 Å². The molecule has 1 aromatic heterocycles. The number of nitrogens with zero attached hydrogens (tertiary/aromatic N) is 2. The van der Waals surface area contributed by atoms with Crippen LogP contribution in [0.3, 0.4) is 0 Å². The number of halogens is 1. The van der Waals surface area contributed by atoms with E-state index < -0.39 is 0 Å². The quantitative estimate of drug-likeness (QED) is 0.909. The summed E-state index contributed by atoms with van der Waals surface area (Å²) < 4.78 is 1.12. The number of rotatable bonds is 3. The standard InChI is InChI=1S/C13H20BrN3OS/c1-9(12-6-10(14)8-19-12)17-5-4-15-7-11(17)13(18)16(2)3/h6,8-9,11,15H,4-5,7H2,1-3H3. The molecule has 0 radical (unpaired) electrons. The lowest BCUT2D eigenvalue weighted by Gasteiger charge is -2.39. The SMILES string of the molecule is CC(c1cc(Br)cs1)N1CCNCC1C(=O)N(C)C. The summed E-state index contributed by atoms with van der Waals surface area (Å²) in [5.41, 5.74) is 0. The molecule has 0 aliphatic carbocycles. The molecule has 2 rings (SSSR count). The summed E-state index contributed by atoms with van der Waals surface area (Å²) in [6.45, 7) is 4.75. The van der Waals surface area contributed by atoms with Crippen LogP contribution in [-0.2, 0) is 4.79 Å². The molecule has 1 saturated heterocycles. The first-order valence-corrected chi connectivity index (χ1v) is 8.09. The van der Waals surface area contributed by atoms with E-state index in [1.807, 2.05) is 14.1 Å². The minimum absolute atomic E-state index is 0.0698. The molecule has 0 bridgehead atoms. The normalized spacial score (nSPS) is 22.2. The van der Waals surface area contributed by atoms with E-state index in [1.54, 1.807) is 16.2 Å². The highest BCUT2D eigenvalue weighted by Gasteiger charge is 2.33. The van der Waals surface area contributed by atoms with Crippen molar-refractivity contribution in [3.63, 3.8) is 0 Å². The van der Waals surface area contributed by atoms with Crippen molar-refractivity contribution in [3.05, 3.63) is 20.8 Å². The van der Waals surface area contributed by atoms with Crippen molar-refractivity contribution in [1.29, 1.82) is 0 Å². The first kappa shape index (κ1) is 15.0. The Hall–Kier alpha value is -0.430. The van der Waals surface area contributed by atoms with Gasteiger partial charge in [0.05, 0.1) is 0 Å². The van der Waals surface area contributed by atoms with E-state index in [0.29, 0.717) is 0 Å². The molecule has 0 spiro atoms. The van der Waals surface area contributed by atoms with Crippen molar-refractivity contribution >= 4 is 33.2 Å². The summed E-state index contributed by atoms with van der Waals surface area (Å²) in [5, 5.41) is 5.41. The number of carbonyl (C=O) groups excluding carboxylic acids is 1. The van der Waals surface area contributed by atoms with Crippen LogP contribution in [0.5, 0.6) is 0 Å². The van der Waals surface area contributed by atoms with Gasteiger partial charge in [0.25, 0.3) is 0 Å². The van der Waals surface area contributed by atoms with Crippen molar-refractivity contribution in [1.82, 2.24) is 15.1 Å². The minimum atomic E-state index is -0.0698. The lowest BCUT2D eigenvalue weighted by molar-refractivity contribution is -0.136. The molecule has 1 aliphatic heterocycles. The predicted octanol–water partition coefficient (Wildman–Crippen LogP) is 1.93. The maximum Gasteiger partial charge on any atom is 0.240 e. The van der Waals surface area contributed by atoms with E-state index >= 15 is 0 Å². The Morgan fingerprint density at radius 2 is 2.37 bits per heavy atom. The molecule has 2 unspecified atom stereocenters. The summed E-state index contributed by atoms with van der Waals surface area (Å²) >= 11 is 5.24. The highest BCUT2D eigenvalue weighted by atomic mass is 79.9. The maximum absolute atomic E-state index is 12.3. The molecule has 1 aliphatic rings. The van der Waals surface area contributed by atoms with Crippen LogP contribution in [-0.4, -0.2) is 55.5 Å². The van der Waals surface area contributed by atoms with Gasteiger partial charge in [-0.15, -0.1) is 11.3 Å². The van der Waals surface area contributed by atoms with E-state index in [1.165, 1.54) is 4.88 Å². The number of hydrogen-bond donors (Lipinski definition) is 1. The lowest BCUT2D eigenvalue weighted by atomic mass is 10.1. The van der Waals surface area contributed by atoms with E-state index in [9.17, 15) is 4.79 Å². The summed E-state index contributed by atoms with van der Waals surface area (Å²) in [6, 6.07) is 2.35. The van der Waals surface area contributed by atoms with Crippen molar-refractivity contribution in [2.75, 3.05) is 33.7 Å². The molecule has 1 amide bonds. The summed E-state index contributed by atoms with van der Waals surface area (Å²) in [5.74, 6) is 0.176. The van der Waals surface area contributed by atoms with Crippen molar-refractivity contribution in [2.24, 2.45) is 0 Å². The average molecular weight is 346 g/mol. The Kier molecular flexibility index (Phi) is 5.00. The third-order valence-electron chi connectivity index (χ3n) is 3.51. The second kappa shape index (κ2) is 6.35. The molecule has 1 aromatic rings. The molecule has 106 valence electrons. The zero-order valence-electron chi connectivity index (χ0n) is 11.5. The van der Waals surface area contributed by atoms with Gasteiger partial charge in [0, 0.05) is 54.5 Å². The van der Waals surface area contributed by atoms with Gasteiger partial charge in [-0.3, -0.25) is 9.69 Å². The van der Waals surface area contributed by atoms with Crippen molar-refractivity contribution < 1.29 is 4.79 Å². The minimum Gasteiger partial charge on any atom is -0.347 e. The Morgan fingerprint density at radius 1 is 1.63 bits per heavy atom. The molecule has 1 fully saturated rings. The van der Waals surface area contributed by atoms with Gasteiger partial charge in [0.1, 0.15) is 6.04 Å². The summed E-state index contributed by atoms with van der Waals surface area (Å²) in [7, 11) is 3.64. The molecule has 0 saturated carbocycles. The number of nitrogens with one attached hydrogen (secondary N) is 1. The van der Waals surface area contributed by atoms with Gasteiger partial charge >= 0.3 is 0 Å². The van der Waals surface area contributed by atoms with Gasteiger partial charge in [-0.05, 0) is 28.9 Å². The maximum atomic E-state index is 12.3. The molecule has 1 N–H and O–H groups in total. The van der Waals surface area contributed by atoms with Crippen LogP contribution in [0.2, 0.25) is 0 Å². The third kappa shape index (κ3) is 3.37. The van der Waals surface area contributed by atoms with Gasteiger partial charge in [-0.25, -0.2) is 0 Å². The zero-order chi connectivity index (χ0) is 14.0. The van der Waals surface area contributed by atoms with Crippen molar-refractivity contribution in [2.45, 2.75) is 19.0 Å². The van der Waals surface area contributed by atoms with Gasteiger partial charge in [-0.1, -0.05) is 0 Å². The fourth-order valence-corrected chi connectivity index (χ4v) is 3.94. The summed E-state index contributed by atoms with van der Waals surface area (Å²) in [4.78, 5) is 17.6. The van der Waals surface area contributed by atoms with E-state index in [4.69, 9.17) is 0 Å². The van der Waals surface area contributed by atoms with Crippen LogP contribution in [0.1, 0.15) is 17.8 Å². The summed E-state index contributed by atoms with van der Waals surface area (Å²) in [6.07, 6.45) is 0. The molecule has 4 nitrogen and oxygen atoms in total. The number of likely N-dealkylation sites (N-methyl/N-ethyl adjacent to an activating group) is 1. The fraction of sp³-hybridized carbons (Fsp3) is 0.615. The number of amides is 1. The van der Waals surface area contributed by atoms with Gasteiger partial charge < -0.3 is 10.2 Å². The lowest BCUT2D eigenvalue weighted by Crippen LogP contribution is -2.57. The molecule has 19 heavy (non-hydrogen) atoms. The van der Waals surface area contributed by atoms with Gasteiger partial charge in [0.2, 0.25) is 5.91 Å². The van der Waals surface area contributed by atoms with Gasteiger partial charge in [0.15, 0.2) is 0 Å². The second-order valence-corrected chi connectivity index (χ2v) is 6.89. The Balaban J connectivity index is 2.17. The highest BCUT2D eigenvalue weighted by Crippen LogP contribution is 2.31. The molecular formula is C13H20BrN3OS. The molecule has 0 aromatic carbocycles. The second-order valence-electron chi connectivity index (χ2n) is 5.03. The first-order valence-electron chi connectivity index (χ1n) is 6.42. The molecular weight excluding hydrogens is 326 g/mol. The molecule has 6 heteroatoms. The Morgan fingerprint density at radius 3 is 2.95 bits per heavy atom. The first-order chi connectivity index (χ1) is 9.00. The van der Waals surface area contributed by atoms with Gasteiger partial charge in [-0.2, -0.15) is 0 Å². The number of hydrogen-bond acceptors (Lipinski definition) is 4. The average Bonchev–Trinajstić information content (AvgIpc) is 2.83. The van der Waals surface area contributed by atoms with Crippen LogP contribution >= 0.6 is 27.3 Å². The van der Waals surface area contributed by atoms with Crippen LogP contribution in [0, 0.1) is 0 Å². The number of carbonyl (C=O) groups is 1. The topological polar surface area (TPSA) is 35.6 Å². The third-order valence-corrected chi connectivity index (χ3v) is 5.37. The Bertz CT molecular complexity index is 449. The fourth-order valence-electron chi connectivity index (χ4n) is 2.42. The monoisotopic (exact) mass is 345 g/mol. The van der Waals surface area contributed by atoms with Crippen molar-refractivity contribution in [3.8, 4) is 0 Å². The van der Waals surface area contributed by atoms with E-state index in [2.05, 4.69) is 44.5 Å². The predicted molar refractivity (Wildman–Crippen MR) is 82.5 cm³/mol. The van der Waals surface area contributed by atoms with Crippen LogP contribution in [0.25, 0.3) is 0 Å². The number of piperazine rings is 1. The van der Waals surface area contributed by atoms with Crippen LogP contribution in [0.15, 0.2) is 15.9 Å². The highest BCUT2D eigenvalue weighted by molar-refractivity contribution is 9.10. The molecule has 2 heterocycles. The van der Waals surface area contributed by atoms with E-state index in [-0.39, 0.29) is 18.0 Å². The smallest absolute Gasteiger partial charge is 0.240 e. The zero-order valence-corrected chi connectivity index (χ0v) is 13.9. The number of thiophene rings is 1. The molecule has 2 atom stereocenters.